The number of carbonyl (C=O) groups is 2. The van der Waals surface area contributed by atoms with Crippen molar-refractivity contribution in [3.63, 3.8) is 0 Å². The highest BCUT2D eigenvalue weighted by Crippen LogP contribution is 2.37. The van der Waals surface area contributed by atoms with Crippen molar-refractivity contribution < 1.29 is 29.6 Å². The molecule has 6 nitrogen and oxygen atoms in total. The topological polar surface area (TPSA) is 104 Å². The van der Waals surface area contributed by atoms with Crippen molar-refractivity contribution in [2.24, 2.45) is 0 Å². The number of allylic oxidation sites excluding steroid dienone is 1. The van der Waals surface area contributed by atoms with E-state index in [1.807, 2.05) is 0 Å². The van der Waals surface area contributed by atoms with Gasteiger partial charge in [0.1, 0.15) is 24.1 Å². The first-order valence-electron chi connectivity index (χ1n) is 6.11. The Morgan fingerprint density at radius 3 is 2.55 bits per heavy atom. The smallest absolute Gasteiger partial charge is 0.232 e. The molecule has 3 N–H and O–H groups in total. The number of ether oxygens (including phenoxy) is 1. The molecule has 1 aromatic rings. The number of carbonyl (C=O) groups excluding carboxylic acids is 2. The molecule has 0 unspecified atom stereocenters. The molecule has 2 aliphatic rings. The SMILES string of the molecule is C[C@H]1OC2=C(C(=O)c3cccc(O)c3C2=O)[C@@H](O)[C@H]1O. The molecular formula is C14H12O6. The van der Waals surface area contributed by atoms with Crippen molar-refractivity contribution in [1.82, 2.24) is 0 Å². The van der Waals surface area contributed by atoms with Crippen LogP contribution in [0.4, 0.5) is 0 Å². The van der Waals surface area contributed by atoms with Crippen LogP contribution in [0.1, 0.15) is 27.6 Å². The summed E-state index contributed by atoms with van der Waals surface area (Å²) in [5, 5.41) is 29.5. The Morgan fingerprint density at radius 2 is 1.85 bits per heavy atom. The molecule has 0 fully saturated rings. The molecule has 1 aliphatic carbocycles. The molecule has 1 aromatic carbocycles. The number of hydrogen-bond donors (Lipinski definition) is 3. The van der Waals surface area contributed by atoms with Crippen molar-refractivity contribution in [2.75, 3.05) is 0 Å². The zero-order valence-corrected chi connectivity index (χ0v) is 10.5. The number of Topliss-reactive ketones (excluding diaryl/α,β-unsaturated/α-hetero) is 2. The first-order valence-corrected chi connectivity index (χ1v) is 6.11. The Bertz CT molecular complexity index is 660. The van der Waals surface area contributed by atoms with E-state index in [-0.39, 0.29) is 28.2 Å². The van der Waals surface area contributed by atoms with Crippen LogP contribution in [0.3, 0.4) is 0 Å². The molecule has 0 radical (unpaired) electrons. The van der Waals surface area contributed by atoms with Gasteiger partial charge in [-0.2, -0.15) is 0 Å². The zero-order chi connectivity index (χ0) is 14.6. The first-order chi connectivity index (χ1) is 9.43. The second kappa shape index (κ2) is 4.16. The Kier molecular flexibility index (Phi) is 2.67. The maximum Gasteiger partial charge on any atom is 0.232 e. The van der Waals surface area contributed by atoms with Gasteiger partial charge in [0.2, 0.25) is 5.78 Å². The third-order valence-electron chi connectivity index (χ3n) is 3.61. The number of aliphatic hydroxyl groups excluding tert-OH is 2. The summed E-state index contributed by atoms with van der Waals surface area (Å²) < 4.78 is 5.26. The van der Waals surface area contributed by atoms with Crippen LogP contribution in [0, 0.1) is 0 Å². The zero-order valence-electron chi connectivity index (χ0n) is 10.5. The number of phenolic OH excluding ortho intramolecular Hbond substituents is 1. The lowest BCUT2D eigenvalue weighted by Crippen LogP contribution is -2.47. The predicted molar refractivity (Wildman–Crippen MR) is 66.4 cm³/mol. The fourth-order valence-corrected chi connectivity index (χ4v) is 2.52. The molecule has 0 aromatic heterocycles. The Hall–Kier alpha value is -2.18. The second-order valence-corrected chi connectivity index (χ2v) is 4.86. The van der Waals surface area contributed by atoms with Crippen molar-refractivity contribution in [1.29, 1.82) is 0 Å². The molecule has 3 atom stereocenters. The van der Waals surface area contributed by atoms with E-state index in [1.165, 1.54) is 25.1 Å². The summed E-state index contributed by atoms with van der Waals surface area (Å²) in [6.45, 7) is 1.48. The summed E-state index contributed by atoms with van der Waals surface area (Å²) in [6.07, 6.45) is -3.60. The van der Waals surface area contributed by atoms with E-state index in [2.05, 4.69) is 0 Å². The molecule has 20 heavy (non-hydrogen) atoms. The maximum absolute atomic E-state index is 12.3. The molecular weight excluding hydrogens is 264 g/mol. The molecule has 1 aliphatic heterocycles. The van der Waals surface area contributed by atoms with Gasteiger partial charge in [0, 0.05) is 5.56 Å². The van der Waals surface area contributed by atoms with Gasteiger partial charge in [0.15, 0.2) is 11.5 Å². The summed E-state index contributed by atoms with van der Waals surface area (Å²) in [7, 11) is 0. The number of ketones is 2. The molecule has 0 saturated carbocycles. The highest BCUT2D eigenvalue weighted by molar-refractivity contribution is 6.27. The maximum atomic E-state index is 12.3. The molecule has 6 heteroatoms. The van der Waals surface area contributed by atoms with Gasteiger partial charge >= 0.3 is 0 Å². The van der Waals surface area contributed by atoms with Gasteiger partial charge in [0.25, 0.3) is 0 Å². The van der Waals surface area contributed by atoms with Crippen LogP contribution in [0.2, 0.25) is 0 Å². The standard InChI is InChI=1S/C14H12O6/c1-5-10(16)12(18)9-11(17)6-3-2-4-7(15)8(6)13(19)14(9)20-5/h2-5,10,12,15-16,18H,1H3/t5-,10+,12-/m1/s1. The summed E-state index contributed by atoms with van der Waals surface area (Å²) >= 11 is 0. The van der Waals surface area contributed by atoms with Crippen molar-refractivity contribution >= 4 is 11.6 Å². The minimum atomic E-state index is -1.49. The molecule has 104 valence electrons. The Morgan fingerprint density at radius 1 is 1.15 bits per heavy atom. The van der Waals surface area contributed by atoms with E-state index in [4.69, 9.17) is 4.74 Å². The minimum absolute atomic E-state index is 0.00171. The lowest BCUT2D eigenvalue weighted by atomic mass is 9.82. The number of benzene rings is 1. The highest BCUT2D eigenvalue weighted by Gasteiger charge is 2.46. The van der Waals surface area contributed by atoms with Gasteiger partial charge < -0.3 is 20.1 Å². The lowest BCUT2D eigenvalue weighted by Gasteiger charge is -2.35. The quantitative estimate of drug-likeness (QED) is 0.624. The van der Waals surface area contributed by atoms with Crippen molar-refractivity contribution in [3.05, 3.63) is 40.7 Å². The fourth-order valence-electron chi connectivity index (χ4n) is 2.52. The van der Waals surface area contributed by atoms with Crippen LogP contribution in [0.15, 0.2) is 29.5 Å². The average molecular weight is 276 g/mol. The largest absolute Gasteiger partial charge is 0.507 e. The van der Waals surface area contributed by atoms with E-state index >= 15 is 0 Å². The van der Waals surface area contributed by atoms with Gasteiger partial charge in [-0.15, -0.1) is 0 Å². The second-order valence-electron chi connectivity index (χ2n) is 4.86. The van der Waals surface area contributed by atoms with E-state index in [1.54, 1.807) is 0 Å². The van der Waals surface area contributed by atoms with Gasteiger partial charge in [-0.25, -0.2) is 0 Å². The molecule has 0 spiro atoms. The summed E-state index contributed by atoms with van der Waals surface area (Å²) in [6, 6.07) is 4.11. The Balaban J connectivity index is 2.24. The molecule has 0 amide bonds. The third-order valence-corrected chi connectivity index (χ3v) is 3.61. The summed E-state index contributed by atoms with van der Waals surface area (Å²) in [4.78, 5) is 24.7. The summed E-state index contributed by atoms with van der Waals surface area (Å²) in [5.74, 6) is -1.90. The van der Waals surface area contributed by atoms with E-state index in [0.717, 1.165) is 0 Å². The van der Waals surface area contributed by atoms with Gasteiger partial charge in [-0.05, 0) is 13.0 Å². The van der Waals surface area contributed by atoms with E-state index in [9.17, 15) is 24.9 Å². The Labute approximate surface area is 113 Å². The van der Waals surface area contributed by atoms with E-state index < -0.39 is 29.9 Å². The van der Waals surface area contributed by atoms with Crippen LogP contribution >= 0.6 is 0 Å². The summed E-state index contributed by atoms with van der Waals surface area (Å²) in [5.41, 5.74) is -0.385. The number of fused-ring (bicyclic) bond motifs is 1. The number of aliphatic hydroxyl groups is 2. The molecule has 3 rings (SSSR count). The normalized spacial score (nSPS) is 28.9. The molecule has 0 saturated heterocycles. The van der Waals surface area contributed by atoms with Crippen LogP contribution < -0.4 is 0 Å². The monoisotopic (exact) mass is 276 g/mol. The number of aromatic hydroxyl groups is 1. The van der Waals surface area contributed by atoms with Crippen molar-refractivity contribution in [2.45, 2.75) is 25.2 Å². The molecule has 1 heterocycles. The molecule has 0 bridgehead atoms. The fraction of sp³-hybridized carbons (Fsp3) is 0.286. The van der Waals surface area contributed by atoms with Crippen LogP contribution in [0.25, 0.3) is 0 Å². The van der Waals surface area contributed by atoms with Gasteiger partial charge in [-0.3, -0.25) is 9.59 Å². The van der Waals surface area contributed by atoms with Crippen LogP contribution in [-0.2, 0) is 4.74 Å². The average Bonchev–Trinajstić information content (AvgIpc) is 2.41. The van der Waals surface area contributed by atoms with E-state index in [0.29, 0.717) is 0 Å². The first kappa shape index (κ1) is 12.8. The number of rotatable bonds is 0. The lowest BCUT2D eigenvalue weighted by molar-refractivity contribution is -0.0683. The third kappa shape index (κ3) is 1.52. The predicted octanol–water partition coefficient (Wildman–Crippen LogP) is 0.166. The number of phenols is 1. The van der Waals surface area contributed by atoms with Crippen LogP contribution in [0.5, 0.6) is 5.75 Å². The van der Waals surface area contributed by atoms with Gasteiger partial charge in [0.05, 0.1) is 11.1 Å². The van der Waals surface area contributed by atoms with Crippen LogP contribution in [-0.4, -0.2) is 45.2 Å². The van der Waals surface area contributed by atoms with Gasteiger partial charge in [-0.1, -0.05) is 12.1 Å². The van der Waals surface area contributed by atoms with Crippen molar-refractivity contribution in [3.8, 4) is 5.75 Å². The number of hydrogen-bond acceptors (Lipinski definition) is 6. The highest BCUT2D eigenvalue weighted by atomic mass is 16.5. The minimum Gasteiger partial charge on any atom is -0.507 e.